The van der Waals surface area contributed by atoms with Crippen LogP contribution in [0.4, 0.5) is 10.5 Å². The van der Waals surface area contributed by atoms with Gasteiger partial charge < -0.3 is 15.4 Å². The highest BCUT2D eigenvalue weighted by atomic mass is 32.2. The van der Waals surface area contributed by atoms with E-state index in [9.17, 15) is 14.4 Å². The van der Waals surface area contributed by atoms with E-state index < -0.39 is 12.1 Å². The Balaban J connectivity index is 1.21. The number of anilines is 1. The minimum atomic E-state index is -0.732. The maximum absolute atomic E-state index is 13.4. The van der Waals surface area contributed by atoms with E-state index in [0.29, 0.717) is 18.0 Å². The molecule has 1 aromatic heterocycles. The lowest BCUT2D eigenvalue weighted by atomic mass is 10.1. The third-order valence-corrected chi connectivity index (χ3v) is 7.95. The average Bonchev–Trinajstić information content (AvgIpc) is 3.47. The Morgan fingerprint density at radius 2 is 1.49 bits per heavy atom. The summed E-state index contributed by atoms with van der Waals surface area (Å²) in [5.74, 6) is 0.0263. The molecular weight excluding hydrogens is 536 g/mol. The lowest BCUT2D eigenvalue weighted by Gasteiger charge is -2.28. The molecule has 4 aromatic rings. The Hall–Kier alpha value is -4.63. The maximum Gasteiger partial charge on any atom is 0.412 e. The molecule has 0 bridgehead atoms. The zero-order valence-electron chi connectivity index (χ0n) is 22.3. The van der Waals surface area contributed by atoms with Crippen LogP contribution in [0.3, 0.4) is 0 Å². The molecule has 9 heteroatoms. The molecule has 1 saturated heterocycles. The predicted octanol–water partition coefficient (Wildman–Crippen LogP) is 5.33. The first kappa shape index (κ1) is 27.9. The van der Waals surface area contributed by atoms with Gasteiger partial charge in [0.05, 0.1) is 6.42 Å². The molecule has 1 aliphatic rings. The highest BCUT2D eigenvalue weighted by Gasteiger charge is 2.43. The molecule has 5 rings (SSSR count). The smallest absolute Gasteiger partial charge is 0.412 e. The number of nitrogens with one attached hydrogen (secondary N) is 2. The number of nitrogens with zero attached hydrogens (tertiary/aromatic N) is 2. The summed E-state index contributed by atoms with van der Waals surface area (Å²) in [5, 5.41) is 5.47. The van der Waals surface area contributed by atoms with Crippen molar-refractivity contribution in [3.8, 4) is 0 Å². The van der Waals surface area contributed by atoms with Crippen LogP contribution in [0.5, 0.6) is 0 Å². The number of ether oxygens (including phenoxy) is 1. The molecule has 3 aromatic carbocycles. The third-order valence-electron chi connectivity index (χ3n) is 6.63. The van der Waals surface area contributed by atoms with Gasteiger partial charge in [-0.15, -0.1) is 11.8 Å². The highest BCUT2D eigenvalue weighted by molar-refractivity contribution is 7.99. The molecule has 0 radical (unpaired) electrons. The Labute approximate surface area is 243 Å². The van der Waals surface area contributed by atoms with Gasteiger partial charge in [-0.05, 0) is 46.5 Å². The second-order valence-electron chi connectivity index (χ2n) is 9.55. The number of carbonyl (C=O) groups is 3. The number of pyridine rings is 1. The van der Waals surface area contributed by atoms with Crippen molar-refractivity contribution in [1.29, 1.82) is 0 Å². The SMILES string of the molecule is O=C(Cc1ccc(NC(=O)[C@@H]2CSC(c3ccncc3)N2C(=O)OCc2ccccc2)cc1)NCc1ccccc1. The first-order valence-electron chi connectivity index (χ1n) is 13.3. The van der Waals surface area contributed by atoms with Gasteiger partial charge in [-0.3, -0.25) is 19.5 Å². The molecule has 2 N–H and O–H groups in total. The van der Waals surface area contributed by atoms with E-state index in [4.69, 9.17) is 4.74 Å². The summed E-state index contributed by atoms with van der Waals surface area (Å²) in [5.41, 5.74) is 4.18. The molecule has 0 aliphatic carbocycles. The molecule has 1 unspecified atom stereocenters. The van der Waals surface area contributed by atoms with Gasteiger partial charge >= 0.3 is 6.09 Å². The molecule has 41 heavy (non-hydrogen) atoms. The molecule has 2 atom stereocenters. The van der Waals surface area contributed by atoms with Gasteiger partial charge in [-0.1, -0.05) is 72.8 Å². The first-order chi connectivity index (χ1) is 20.1. The second-order valence-corrected chi connectivity index (χ2v) is 10.7. The zero-order chi connectivity index (χ0) is 28.4. The van der Waals surface area contributed by atoms with Crippen LogP contribution in [-0.2, 0) is 33.9 Å². The number of carbonyl (C=O) groups excluding carboxylic acids is 3. The molecule has 0 spiro atoms. The van der Waals surface area contributed by atoms with Crippen molar-refractivity contribution in [3.63, 3.8) is 0 Å². The third kappa shape index (κ3) is 7.52. The van der Waals surface area contributed by atoms with Crippen LogP contribution in [0, 0.1) is 0 Å². The monoisotopic (exact) mass is 566 g/mol. The van der Waals surface area contributed by atoms with Crippen molar-refractivity contribution in [3.05, 3.63) is 132 Å². The minimum absolute atomic E-state index is 0.0829. The summed E-state index contributed by atoms with van der Waals surface area (Å²) in [6.07, 6.45) is 3.01. The van der Waals surface area contributed by atoms with E-state index in [1.165, 1.54) is 16.7 Å². The Bertz CT molecular complexity index is 1450. The van der Waals surface area contributed by atoms with Crippen LogP contribution in [0.1, 0.15) is 27.6 Å². The fraction of sp³-hybridized carbons (Fsp3) is 0.188. The van der Waals surface area contributed by atoms with Gasteiger partial charge in [0.15, 0.2) is 0 Å². The Morgan fingerprint density at radius 3 is 2.17 bits per heavy atom. The van der Waals surface area contributed by atoms with Gasteiger partial charge in [0.1, 0.15) is 18.0 Å². The summed E-state index contributed by atoms with van der Waals surface area (Å²) in [4.78, 5) is 44.7. The molecule has 8 nitrogen and oxygen atoms in total. The molecule has 3 amide bonds. The normalized spacial score (nSPS) is 16.1. The molecule has 2 heterocycles. The number of rotatable bonds is 9. The fourth-order valence-corrected chi connectivity index (χ4v) is 5.91. The lowest BCUT2D eigenvalue weighted by molar-refractivity contribution is -0.121. The number of benzene rings is 3. The Kier molecular flexibility index (Phi) is 9.28. The van der Waals surface area contributed by atoms with Crippen molar-refractivity contribution >= 4 is 35.4 Å². The number of amides is 3. The first-order valence-corrected chi connectivity index (χ1v) is 14.3. The number of hydrogen-bond acceptors (Lipinski definition) is 6. The topological polar surface area (TPSA) is 101 Å². The van der Waals surface area contributed by atoms with Gasteiger partial charge in [0, 0.05) is 30.4 Å². The largest absolute Gasteiger partial charge is 0.444 e. The standard InChI is InChI=1S/C32H30N4O4S/c37-29(34-20-24-7-3-1-4-8-24)19-23-11-13-27(14-12-23)35-30(38)28-22-41-31(26-15-17-33-18-16-26)36(28)32(39)40-21-25-9-5-2-6-10-25/h1-18,28,31H,19-22H2,(H,34,37)(H,35,38)/t28-,31?/m0/s1. The number of thioether (sulfide) groups is 1. The number of aromatic nitrogens is 1. The van der Waals surface area contributed by atoms with Gasteiger partial charge in [-0.2, -0.15) is 0 Å². The predicted molar refractivity (Wildman–Crippen MR) is 159 cm³/mol. The molecule has 0 saturated carbocycles. The van der Waals surface area contributed by atoms with Crippen LogP contribution in [0.25, 0.3) is 0 Å². The summed E-state index contributed by atoms with van der Waals surface area (Å²) >= 11 is 1.50. The fourth-order valence-electron chi connectivity index (χ4n) is 4.49. The van der Waals surface area contributed by atoms with Crippen molar-refractivity contribution < 1.29 is 19.1 Å². The summed E-state index contributed by atoms with van der Waals surface area (Å²) in [6, 6.07) is 29.3. The zero-order valence-corrected chi connectivity index (χ0v) is 23.1. The molecule has 1 fully saturated rings. The van der Waals surface area contributed by atoms with Crippen LogP contribution < -0.4 is 10.6 Å². The molecule has 208 valence electrons. The lowest BCUT2D eigenvalue weighted by Crippen LogP contribution is -2.45. The van der Waals surface area contributed by atoms with Crippen molar-refractivity contribution in [2.75, 3.05) is 11.1 Å². The van der Waals surface area contributed by atoms with E-state index in [1.807, 2.05) is 84.9 Å². The van der Waals surface area contributed by atoms with Crippen LogP contribution in [0.15, 0.2) is 109 Å². The maximum atomic E-state index is 13.4. The molecular formula is C32H30N4O4S. The van der Waals surface area contributed by atoms with E-state index in [-0.39, 0.29) is 30.2 Å². The van der Waals surface area contributed by atoms with Gasteiger partial charge in [0.2, 0.25) is 11.8 Å². The van der Waals surface area contributed by atoms with Gasteiger partial charge in [0.25, 0.3) is 0 Å². The van der Waals surface area contributed by atoms with E-state index in [0.717, 1.165) is 22.3 Å². The van der Waals surface area contributed by atoms with E-state index in [1.54, 1.807) is 24.5 Å². The van der Waals surface area contributed by atoms with Crippen molar-refractivity contribution in [2.24, 2.45) is 0 Å². The van der Waals surface area contributed by atoms with Crippen LogP contribution in [-0.4, -0.2) is 39.6 Å². The van der Waals surface area contributed by atoms with Crippen molar-refractivity contribution in [2.45, 2.75) is 31.0 Å². The molecule has 1 aliphatic heterocycles. The van der Waals surface area contributed by atoms with E-state index >= 15 is 0 Å². The summed E-state index contributed by atoms with van der Waals surface area (Å²) < 4.78 is 5.64. The summed E-state index contributed by atoms with van der Waals surface area (Å²) in [6.45, 7) is 0.580. The minimum Gasteiger partial charge on any atom is -0.444 e. The van der Waals surface area contributed by atoms with Gasteiger partial charge in [-0.25, -0.2) is 4.79 Å². The Morgan fingerprint density at radius 1 is 0.829 bits per heavy atom. The highest BCUT2D eigenvalue weighted by Crippen LogP contribution is 2.42. The quantitative estimate of drug-likeness (QED) is 0.284. The summed E-state index contributed by atoms with van der Waals surface area (Å²) in [7, 11) is 0. The second kappa shape index (κ2) is 13.6. The van der Waals surface area contributed by atoms with Crippen LogP contribution >= 0.6 is 11.8 Å². The van der Waals surface area contributed by atoms with Crippen LogP contribution in [0.2, 0.25) is 0 Å². The average molecular weight is 567 g/mol. The van der Waals surface area contributed by atoms with E-state index in [2.05, 4.69) is 15.6 Å². The number of hydrogen-bond donors (Lipinski definition) is 2. The van der Waals surface area contributed by atoms with Crippen molar-refractivity contribution in [1.82, 2.24) is 15.2 Å².